The average Bonchev–Trinajstić information content (AvgIpc) is 2.60. The lowest BCUT2D eigenvalue weighted by molar-refractivity contribution is -0.119. The molecule has 2 rings (SSSR count). The van der Waals surface area contributed by atoms with Crippen molar-refractivity contribution in [1.29, 1.82) is 0 Å². The van der Waals surface area contributed by atoms with Crippen LogP contribution in [0.1, 0.15) is 10.4 Å². The summed E-state index contributed by atoms with van der Waals surface area (Å²) in [6, 6.07) is 10.6. The van der Waals surface area contributed by atoms with Crippen molar-refractivity contribution in [3.05, 3.63) is 53.1 Å². The van der Waals surface area contributed by atoms with Crippen LogP contribution in [-0.4, -0.2) is 40.2 Å². The Balaban J connectivity index is 2.04. The van der Waals surface area contributed by atoms with Gasteiger partial charge in [0.25, 0.3) is 5.91 Å². The first kappa shape index (κ1) is 19.7. The van der Waals surface area contributed by atoms with Crippen LogP contribution < -0.4 is 10.6 Å². The largest absolute Gasteiger partial charge is 0.452 e. The van der Waals surface area contributed by atoms with E-state index in [9.17, 15) is 18.0 Å². The second-order valence-electron chi connectivity index (χ2n) is 5.33. The third kappa shape index (κ3) is 4.96. The number of esters is 1. The Morgan fingerprint density at radius 3 is 2.46 bits per heavy atom. The van der Waals surface area contributed by atoms with Crippen LogP contribution in [0.2, 0.25) is 5.02 Å². The summed E-state index contributed by atoms with van der Waals surface area (Å²) in [5.74, 6) is -1.31. The molecule has 2 aromatic rings. The summed E-state index contributed by atoms with van der Waals surface area (Å²) in [6.07, 6.45) is 1.04. The number of para-hydroxylation sites is 1. The number of ether oxygens (including phenoxy) is 1. The van der Waals surface area contributed by atoms with Gasteiger partial charge in [-0.15, -0.1) is 0 Å². The maximum atomic E-state index is 12.1. The van der Waals surface area contributed by atoms with Gasteiger partial charge in [-0.1, -0.05) is 23.7 Å². The van der Waals surface area contributed by atoms with Gasteiger partial charge in [0.2, 0.25) is 0 Å². The topological polar surface area (TPSA) is 102 Å². The van der Waals surface area contributed by atoms with Crippen LogP contribution in [0.25, 0.3) is 0 Å². The Morgan fingerprint density at radius 2 is 1.81 bits per heavy atom. The van der Waals surface area contributed by atoms with Gasteiger partial charge in [0.15, 0.2) is 16.4 Å². The molecular formula is C17H17ClN2O5S. The molecule has 0 saturated heterocycles. The average molecular weight is 397 g/mol. The van der Waals surface area contributed by atoms with E-state index in [2.05, 4.69) is 10.6 Å². The quantitative estimate of drug-likeness (QED) is 0.727. The molecule has 0 fully saturated rings. The number of nitrogens with one attached hydrogen (secondary N) is 2. The molecule has 0 aliphatic rings. The highest BCUT2D eigenvalue weighted by atomic mass is 35.5. The van der Waals surface area contributed by atoms with Gasteiger partial charge in [-0.05, 0) is 30.3 Å². The second kappa shape index (κ2) is 8.20. The van der Waals surface area contributed by atoms with E-state index >= 15 is 0 Å². The highest BCUT2D eigenvalue weighted by Gasteiger charge is 2.15. The number of amides is 1. The minimum absolute atomic E-state index is 0.0112. The molecule has 0 unspecified atom stereocenters. The Morgan fingerprint density at radius 1 is 1.12 bits per heavy atom. The van der Waals surface area contributed by atoms with Crippen molar-refractivity contribution >= 4 is 44.7 Å². The van der Waals surface area contributed by atoms with E-state index in [1.807, 2.05) is 0 Å². The monoisotopic (exact) mass is 396 g/mol. The number of carbonyl (C=O) groups excluding carboxylic acids is 2. The standard InChI is InChI=1S/C17H17ClN2O5S/c1-19-14-6-4-3-5-12(14)17(22)25-10-16(21)20-15-9-11(26(2,23)24)7-8-13(15)18/h3-9,19H,10H2,1-2H3,(H,20,21). The fourth-order valence-corrected chi connectivity index (χ4v) is 2.92. The van der Waals surface area contributed by atoms with E-state index < -0.39 is 28.3 Å². The molecule has 0 aromatic heterocycles. The van der Waals surface area contributed by atoms with Gasteiger partial charge in [-0.25, -0.2) is 13.2 Å². The number of anilines is 2. The maximum Gasteiger partial charge on any atom is 0.340 e. The first-order valence-electron chi connectivity index (χ1n) is 7.45. The van der Waals surface area contributed by atoms with Gasteiger partial charge in [0.05, 0.1) is 21.2 Å². The van der Waals surface area contributed by atoms with Crippen LogP contribution in [0.15, 0.2) is 47.4 Å². The molecule has 0 aliphatic carbocycles. The third-order valence-electron chi connectivity index (χ3n) is 3.39. The molecule has 2 aromatic carbocycles. The third-order valence-corrected chi connectivity index (χ3v) is 4.83. The van der Waals surface area contributed by atoms with Crippen LogP contribution in [0.4, 0.5) is 11.4 Å². The molecule has 9 heteroatoms. The van der Waals surface area contributed by atoms with Crippen molar-refractivity contribution < 1.29 is 22.7 Å². The number of benzene rings is 2. The summed E-state index contributed by atoms with van der Waals surface area (Å²) in [5.41, 5.74) is 0.980. The van der Waals surface area contributed by atoms with Crippen molar-refractivity contribution in [3.63, 3.8) is 0 Å². The maximum absolute atomic E-state index is 12.1. The van der Waals surface area contributed by atoms with E-state index in [-0.39, 0.29) is 15.6 Å². The van der Waals surface area contributed by atoms with Crippen molar-refractivity contribution in [2.45, 2.75) is 4.90 Å². The Bertz CT molecular complexity index is 944. The smallest absolute Gasteiger partial charge is 0.340 e. The molecule has 138 valence electrons. The van der Waals surface area contributed by atoms with Crippen LogP contribution in [0.3, 0.4) is 0 Å². The number of rotatable bonds is 6. The summed E-state index contributed by atoms with van der Waals surface area (Å²) >= 11 is 5.96. The second-order valence-corrected chi connectivity index (χ2v) is 7.76. The molecule has 0 atom stereocenters. The van der Waals surface area contributed by atoms with Gasteiger partial charge < -0.3 is 15.4 Å². The van der Waals surface area contributed by atoms with Gasteiger partial charge >= 0.3 is 5.97 Å². The Hall–Kier alpha value is -2.58. The summed E-state index contributed by atoms with van der Waals surface area (Å²) in [4.78, 5) is 24.1. The first-order valence-corrected chi connectivity index (χ1v) is 9.72. The molecule has 26 heavy (non-hydrogen) atoms. The van der Waals surface area contributed by atoms with Crippen LogP contribution in [0.5, 0.6) is 0 Å². The lowest BCUT2D eigenvalue weighted by Gasteiger charge is -2.11. The van der Waals surface area contributed by atoms with E-state index in [0.29, 0.717) is 11.3 Å². The molecular weight excluding hydrogens is 380 g/mol. The normalized spacial score (nSPS) is 10.9. The van der Waals surface area contributed by atoms with Gasteiger partial charge in [0.1, 0.15) is 0 Å². The van der Waals surface area contributed by atoms with Gasteiger partial charge in [-0.3, -0.25) is 4.79 Å². The predicted octanol–water partition coefficient (Wildman–Crippen LogP) is 2.58. The molecule has 0 saturated carbocycles. The lowest BCUT2D eigenvalue weighted by atomic mass is 10.2. The summed E-state index contributed by atoms with van der Waals surface area (Å²) in [6.45, 7) is -0.545. The zero-order valence-corrected chi connectivity index (χ0v) is 15.6. The fraction of sp³-hybridized carbons (Fsp3) is 0.176. The van der Waals surface area contributed by atoms with E-state index in [1.54, 1.807) is 31.3 Å². The zero-order valence-electron chi connectivity index (χ0n) is 14.1. The molecule has 0 radical (unpaired) electrons. The highest BCUT2D eigenvalue weighted by Crippen LogP contribution is 2.25. The number of hydrogen-bond donors (Lipinski definition) is 2. The molecule has 0 heterocycles. The molecule has 0 bridgehead atoms. The predicted molar refractivity (Wildman–Crippen MR) is 99.5 cm³/mol. The van der Waals surface area contributed by atoms with Gasteiger partial charge in [0, 0.05) is 19.0 Å². The zero-order chi connectivity index (χ0) is 19.3. The minimum Gasteiger partial charge on any atom is -0.452 e. The first-order chi connectivity index (χ1) is 12.2. The van der Waals surface area contributed by atoms with E-state index in [4.69, 9.17) is 16.3 Å². The van der Waals surface area contributed by atoms with Crippen molar-refractivity contribution in [3.8, 4) is 0 Å². The Kier molecular flexibility index (Phi) is 6.23. The Labute approximate surface area is 156 Å². The van der Waals surface area contributed by atoms with Crippen LogP contribution in [-0.2, 0) is 19.4 Å². The highest BCUT2D eigenvalue weighted by molar-refractivity contribution is 7.90. The fourth-order valence-electron chi connectivity index (χ4n) is 2.11. The lowest BCUT2D eigenvalue weighted by Crippen LogP contribution is -2.21. The molecule has 1 amide bonds. The SMILES string of the molecule is CNc1ccccc1C(=O)OCC(=O)Nc1cc(S(C)(=O)=O)ccc1Cl. The van der Waals surface area contributed by atoms with Gasteiger partial charge in [-0.2, -0.15) is 0 Å². The number of carbonyl (C=O) groups is 2. The summed E-state index contributed by atoms with van der Waals surface area (Å²) < 4.78 is 28.2. The van der Waals surface area contributed by atoms with Crippen molar-refractivity contribution in [2.75, 3.05) is 30.5 Å². The van der Waals surface area contributed by atoms with Crippen molar-refractivity contribution in [1.82, 2.24) is 0 Å². The summed E-state index contributed by atoms with van der Waals surface area (Å²) in [5, 5.41) is 5.45. The van der Waals surface area contributed by atoms with Crippen molar-refractivity contribution in [2.24, 2.45) is 0 Å². The summed E-state index contributed by atoms with van der Waals surface area (Å²) in [7, 11) is -1.79. The molecule has 2 N–H and O–H groups in total. The van der Waals surface area contributed by atoms with Crippen LogP contribution in [0, 0.1) is 0 Å². The number of sulfone groups is 1. The number of hydrogen-bond acceptors (Lipinski definition) is 6. The molecule has 0 spiro atoms. The minimum atomic E-state index is -3.45. The molecule has 7 nitrogen and oxygen atoms in total. The number of halogens is 1. The van der Waals surface area contributed by atoms with Crippen LogP contribution >= 0.6 is 11.6 Å². The van der Waals surface area contributed by atoms with E-state index in [0.717, 1.165) is 6.26 Å². The molecule has 0 aliphatic heterocycles. The van der Waals surface area contributed by atoms with E-state index in [1.165, 1.54) is 18.2 Å².